The molecule has 0 saturated carbocycles. The predicted molar refractivity (Wildman–Crippen MR) is 227 cm³/mol. The molecule has 1 fully saturated rings. The lowest BCUT2D eigenvalue weighted by Gasteiger charge is -2.51. The van der Waals surface area contributed by atoms with Crippen LogP contribution in [0.5, 0.6) is 0 Å². The van der Waals surface area contributed by atoms with Gasteiger partial charge in [-0.05, 0) is 61.7 Å². The van der Waals surface area contributed by atoms with Crippen LogP contribution in [0.3, 0.4) is 0 Å². The Morgan fingerprint density at radius 3 is 1.46 bits per heavy atom. The maximum atomic E-state index is 15.0. The van der Waals surface area contributed by atoms with Crippen LogP contribution in [0.2, 0.25) is 0 Å². The van der Waals surface area contributed by atoms with E-state index in [2.05, 4.69) is 0 Å². The highest BCUT2D eigenvalue weighted by molar-refractivity contribution is 7.90. The molecule has 0 unspecified atom stereocenters. The molecule has 2 amide bonds. The van der Waals surface area contributed by atoms with Gasteiger partial charge in [-0.2, -0.15) is 4.31 Å². The largest absolute Gasteiger partial charge is 0.449 e. The third kappa shape index (κ3) is 10.9. The quantitative estimate of drug-likeness (QED) is 0.0935. The minimum Gasteiger partial charge on any atom is -0.449 e. The van der Waals surface area contributed by atoms with Crippen molar-refractivity contribution in [2.75, 3.05) is 13.2 Å². The number of benzene rings is 5. The highest BCUT2D eigenvalue weighted by Crippen LogP contribution is 2.38. The van der Waals surface area contributed by atoms with E-state index in [1.165, 1.54) is 31.2 Å². The first-order valence-corrected chi connectivity index (χ1v) is 22.7. The minimum absolute atomic E-state index is 0.0271. The van der Waals surface area contributed by atoms with E-state index < -0.39 is 62.6 Å². The zero-order valence-corrected chi connectivity index (χ0v) is 36.0. The molecule has 1 heterocycles. The van der Waals surface area contributed by atoms with Crippen LogP contribution < -0.4 is 0 Å². The molecule has 13 nitrogen and oxygen atoms in total. The monoisotopic (exact) mass is 870 g/mol. The number of nitrogens with zero attached hydrogens (tertiary/aromatic N) is 2. The van der Waals surface area contributed by atoms with Crippen LogP contribution in [-0.2, 0) is 68.3 Å². The number of ether oxygens (including phenoxy) is 5. The molecule has 61 heavy (non-hydrogen) atoms. The van der Waals surface area contributed by atoms with E-state index >= 15 is 0 Å². The Morgan fingerprint density at radius 2 is 1.02 bits per heavy atom. The second-order valence-electron chi connectivity index (χ2n) is 14.5. The fourth-order valence-corrected chi connectivity index (χ4v) is 9.99. The summed E-state index contributed by atoms with van der Waals surface area (Å²) in [5, 5.41) is 0. The fourth-order valence-electron chi connectivity index (χ4n) is 6.99. The van der Waals surface area contributed by atoms with Gasteiger partial charge in [0, 0.05) is 6.92 Å². The van der Waals surface area contributed by atoms with Crippen LogP contribution in [0, 0.1) is 13.8 Å². The van der Waals surface area contributed by atoms with Gasteiger partial charge in [-0.15, -0.1) is 0 Å². The number of hydrogen-bond donors (Lipinski definition) is 0. The molecule has 0 aromatic heterocycles. The number of carbonyl (C=O) groups is 2. The standard InChI is InChI=1S/C46H50N2O11S2/c1-5-56-46(50)48(61(53,54)40-27-23-34(3)24-28-40)45-42(47(35(4)49)60(51,52)39-25-21-33(2)22-26-39)44(58-31-38-19-13-8-14-20-38)43(57-30-37-17-11-7-12-18-37)41(59-45)32-55-29-36-15-9-6-10-16-36/h6-28,41-45H,5,29-32H2,1-4H3/t41-,42-,43-,44-,45-/m1/s1. The van der Waals surface area contributed by atoms with Crippen molar-refractivity contribution in [2.24, 2.45) is 0 Å². The Kier molecular flexibility index (Phi) is 15.1. The summed E-state index contributed by atoms with van der Waals surface area (Å²) in [6.07, 6.45) is -7.42. The van der Waals surface area contributed by atoms with Crippen molar-refractivity contribution in [3.63, 3.8) is 0 Å². The normalized spacial score (nSPS) is 19.2. The topological polar surface area (TPSA) is 155 Å². The zero-order chi connectivity index (χ0) is 43.6. The summed E-state index contributed by atoms with van der Waals surface area (Å²) in [5.41, 5.74) is 3.74. The number of rotatable bonds is 17. The molecule has 0 N–H and O–H groups in total. The molecular weight excluding hydrogens is 821 g/mol. The molecule has 5 aromatic carbocycles. The molecule has 1 aliphatic heterocycles. The summed E-state index contributed by atoms with van der Waals surface area (Å²) >= 11 is 0. The highest BCUT2D eigenvalue weighted by Gasteiger charge is 2.58. The molecule has 322 valence electrons. The maximum absolute atomic E-state index is 15.0. The Hall–Kier alpha value is -5.42. The van der Waals surface area contributed by atoms with E-state index in [0.717, 1.165) is 29.2 Å². The Morgan fingerprint density at radius 1 is 0.590 bits per heavy atom. The fraction of sp³-hybridized carbons (Fsp3) is 0.304. The molecule has 0 aliphatic carbocycles. The Labute approximate surface area is 357 Å². The number of aryl methyl sites for hydroxylation is 2. The van der Waals surface area contributed by atoms with Gasteiger partial charge in [0.25, 0.3) is 20.0 Å². The summed E-state index contributed by atoms with van der Waals surface area (Å²) in [4.78, 5) is 27.9. The average Bonchev–Trinajstić information content (AvgIpc) is 3.24. The van der Waals surface area contributed by atoms with Crippen molar-refractivity contribution in [3.8, 4) is 0 Å². The van der Waals surface area contributed by atoms with E-state index in [-0.39, 0.29) is 42.8 Å². The Balaban J connectivity index is 1.59. The van der Waals surface area contributed by atoms with Crippen LogP contribution in [-0.4, -0.2) is 81.2 Å². The second-order valence-corrected chi connectivity index (χ2v) is 18.2. The third-order valence-corrected chi connectivity index (χ3v) is 13.6. The smallest absolute Gasteiger partial charge is 0.426 e. The number of amides is 2. The summed E-state index contributed by atoms with van der Waals surface area (Å²) in [6, 6.07) is 37.2. The van der Waals surface area contributed by atoms with Crippen LogP contribution in [0.1, 0.15) is 41.7 Å². The summed E-state index contributed by atoms with van der Waals surface area (Å²) in [5.74, 6) is -1.01. The summed E-state index contributed by atoms with van der Waals surface area (Å²) in [7, 11) is -9.78. The van der Waals surface area contributed by atoms with Gasteiger partial charge < -0.3 is 23.7 Å². The van der Waals surface area contributed by atoms with Gasteiger partial charge in [0.2, 0.25) is 5.91 Å². The molecule has 5 aromatic rings. The highest BCUT2D eigenvalue weighted by atomic mass is 32.2. The zero-order valence-electron chi connectivity index (χ0n) is 34.4. The molecule has 15 heteroatoms. The Bertz CT molecular complexity index is 2420. The van der Waals surface area contributed by atoms with Crippen molar-refractivity contribution in [1.29, 1.82) is 0 Å². The van der Waals surface area contributed by atoms with Gasteiger partial charge in [0.15, 0.2) is 6.23 Å². The van der Waals surface area contributed by atoms with Gasteiger partial charge >= 0.3 is 6.09 Å². The summed E-state index contributed by atoms with van der Waals surface area (Å²) < 4.78 is 92.4. The third-order valence-electron chi connectivity index (χ3n) is 10.0. The van der Waals surface area contributed by atoms with Crippen LogP contribution >= 0.6 is 0 Å². The van der Waals surface area contributed by atoms with Crippen molar-refractivity contribution in [1.82, 2.24) is 8.61 Å². The first kappa shape index (κ1) is 45.1. The first-order valence-electron chi connectivity index (χ1n) is 19.8. The number of carbonyl (C=O) groups excluding carboxylic acids is 2. The van der Waals surface area contributed by atoms with Gasteiger partial charge in [-0.3, -0.25) is 4.79 Å². The molecule has 6 rings (SSSR count). The maximum Gasteiger partial charge on any atom is 0.426 e. The second kappa shape index (κ2) is 20.4. The van der Waals surface area contributed by atoms with Crippen LogP contribution in [0.15, 0.2) is 149 Å². The van der Waals surface area contributed by atoms with E-state index in [0.29, 0.717) is 14.2 Å². The molecule has 1 saturated heterocycles. The van der Waals surface area contributed by atoms with Crippen LogP contribution in [0.25, 0.3) is 0 Å². The molecule has 0 bridgehead atoms. The van der Waals surface area contributed by atoms with Crippen molar-refractivity contribution >= 4 is 32.0 Å². The minimum atomic E-state index is -4.93. The molecule has 1 aliphatic rings. The molecule has 0 spiro atoms. The average molecular weight is 871 g/mol. The van der Waals surface area contributed by atoms with Crippen molar-refractivity contribution < 1.29 is 50.1 Å². The van der Waals surface area contributed by atoms with E-state index in [4.69, 9.17) is 23.7 Å². The van der Waals surface area contributed by atoms with Gasteiger partial charge in [0.05, 0.1) is 42.8 Å². The number of hydrogen-bond acceptors (Lipinski definition) is 11. The molecule has 0 radical (unpaired) electrons. The predicted octanol–water partition coefficient (Wildman–Crippen LogP) is 7.17. The lowest BCUT2D eigenvalue weighted by Crippen LogP contribution is -2.71. The van der Waals surface area contributed by atoms with Crippen LogP contribution in [0.4, 0.5) is 4.79 Å². The lowest BCUT2D eigenvalue weighted by atomic mass is 9.94. The number of sulfonamides is 2. The molecular formula is C46H50N2O11S2. The van der Waals surface area contributed by atoms with E-state index in [1.54, 1.807) is 62.4 Å². The van der Waals surface area contributed by atoms with Crippen molar-refractivity contribution in [3.05, 3.63) is 167 Å². The van der Waals surface area contributed by atoms with Gasteiger partial charge in [0.1, 0.15) is 24.4 Å². The van der Waals surface area contributed by atoms with Gasteiger partial charge in [-0.1, -0.05) is 126 Å². The molecule has 5 atom stereocenters. The first-order chi connectivity index (χ1) is 29.3. The van der Waals surface area contributed by atoms with E-state index in [9.17, 15) is 26.4 Å². The van der Waals surface area contributed by atoms with Crippen molar-refractivity contribution in [2.45, 2.75) is 87.9 Å². The SMILES string of the molecule is CCOC(=O)N([C@@H]1O[C@H](COCc2ccccc2)[C@@H](OCc2ccccc2)[C@H](OCc2ccccc2)[C@H]1N(C(C)=O)S(=O)(=O)c1ccc(C)cc1)S(=O)(=O)c1ccc(C)cc1. The lowest BCUT2D eigenvalue weighted by molar-refractivity contribution is -0.255. The van der Waals surface area contributed by atoms with E-state index in [1.807, 2.05) is 66.7 Å². The summed E-state index contributed by atoms with van der Waals surface area (Å²) in [6.45, 7) is 5.53. The van der Waals surface area contributed by atoms with Gasteiger partial charge in [-0.25, -0.2) is 25.9 Å².